The zero-order valence-electron chi connectivity index (χ0n) is 9.75. The lowest BCUT2D eigenvalue weighted by atomic mass is 10.2. The number of hydrogen-bond acceptors (Lipinski definition) is 5. The molecule has 0 bridgehead atoms. The van der Waals surface area contributed by atoms with Crippen molar-refractivity contribution in [1.29, 1.82) is 0 Å². The van der Waals surface area contributed by atoms with Crippen LogP contribution in [-0.4, -0.2) is 49.8 Å². The van der Waals surface area contributed by atoms with Gasteiger partial charge in [0.25, 0.3) is 5.91 Å². The Morgan fingerprint density at radius 3 is 2.59 bits per heavy atom. The maximum absolute atomic E-state index is 11.8. The summed E-state index contributed by atoms with van der Waals surface area (Å²) in [6.07, 6.45) is 2.50. The lowest BCUT2D eigenvalue weighted by Gasteiger charge is -2.16. The SMILES string of the molecule is CN(CCS(C)(=O)=O)C(=O)c1ccc(N)nc1. The molecule has 7 heteroatoms. The summed E-state index contributed by atoms with van der Waals surface area (Å²) in [5, 5.41) is 0. The lowest BCUT2D eigenvalue weighted by molar-refractivity contribution is 0.0803. The van der Waals surface area contributed by atoms with Crippen LogP contribution in [-0.2, 0) is 9.84 Å². The van der Waals surface area contributed by atoms with Crippen LogP contribution in [0.5, 0.6) is 0 Å². The second-order valence-corrected chi connectivity index (χ2v) is 6.09. The molecule has 0 radical (unpaired) electrons. The molecule has 0 aromatic carbocycles. The van der Waals surface area contributed by atoms with Crippen LogP contribution < -0.4 is 5.73 Å². The highest BCUT2D eigenvalue weighted by molar-refractivity contribution is 7.90. The summed E-state index contributed by atoms with van der Waals surface area (Å²) in [5.41, 5.74) is 5.79. The summed E-state index contributed by atoms with van der Waals surface area (Å²) >= 11 is 0. The summed E-state index contributed by atoms with van der Waals surface area (Å²) in [6, 6.07) is 3.08. The minimum atomic E-state index is -3.07. The van der Waals surface area contributed by atoms with E-state index in [9.17, 15) is 13.2 Å². The standard InChI is InChI=1S/C10H15N3O3S/c1-13(5-6-17(2,15)16)10(14)8-3-4-9(11)12-7-8/h3-4,7H,5-6H2,1-2H3,(H2,11,12). The van der Waals surface area contributed by atoms with Crippen molar-refractivity contribution in [2.24, 2.45) is 0 Å². The fraction of sp³-hybridized carbons (Fsp3) is 0.400. The average Bonchev–Trinajstić information content (AvgIpc) is 2.25. The molecule has 0 spiro atoms. The Morgan fingerprint density at radius 1 is 1.47 bits per heavy atom. The molecule has 1 heterocycles. The predicted molar refractivity (Wildman–Crippen MR) is 65.3 cm³/mol. The van der Waals surface area contributed by atoms with Gasteiger partial charge in [0, 0.05) is 26.0 Å². The molecule has 0 aliphatic heterocycles. The van der Waals surface area contributed by atoms with E-state index < -0.39 is 9.84 Å². The molecule has 0 atom stereocenters. The second kappa shape index (κ2) is 5.13. The number of nitrogens with two attached hydrogens (primary N) is 1. The summed E-state index contributed by atoms with van der Waals surface area (Å²) < 4.78 is 21.9. The van der Waals surface area contributed by atoms with Crippen molar-refractivity contribution >= 4 is 21.6 Å². The first-order chi connectivity index (χ1) is 7.79. The number of sulfone groups is 1. The largest absolute Gasteiger partial charge is 0.384 e. The Morgan fingerprint density at radius 2 is 2.12 bits per heavy atom. The molecule has 0 saturated heterocycles. The van der Waals surface area contributed by atoms with Crippen LogP contribution >= 0.6 is 0 Å². The van der Waals surface area contributed by atoms with Crippen LogP contribution in [0, 0.1) is 0 Å². The Balaban J connectivity index is 2.67. The molecule has 1 aromatic heterocycles. The van der Waals surface area contributed by atoms with Crippen molar-refractivity contribution in [3.63, 3.8) is 0 Å². The molecule has 94 valence electrons. The van der Waals surface area contributed by atoms with Gasteiger partial charge in [-0.3, -0.25) is 4.79 Å². The van der Waals surface area contributed by atoms with Gasteiger partial charge in [-0.25, -0.2) is 13.4 Å². The van der Waals surface area contributed by atoms with Crippen molar-refractivity contribution < 1.29 is 13.2 Å². The van der Waals surface area contributed by atoms with Crippen LogP contribution in [0.15, 0.2) is 18.3 Å². The molecule has 0 saturated carbocycles. The molecule has 1 rings (SSSR count). The Labute approximate surface area is 100 Å². The molecular weight excluding hydrogens is 242 g/mol. The number of amides is 1. The van der Waals surface area contributed by atoms with Gasteiger partial charge in [-0.2, -0.15) is 0 Å². The van der Waals surface area contributed by atoms with Crippen molar-refractivity contribution in [3.8, 4) is 0 Å². The van der Waals surface area contributed by atoms with Gasteiger partial charge in [0.1, 0.15) is 15.7 Å². The predicted octanol–water partition coefficient (Wildman–Crippen LogP) is -0.220. The molecule has 1 amide bonds. The number of carbonyl (C=O) groups excluding carboxylic acids is 1. The third kappa shape index (κ3) is 4.39. The van der Waals surface area contributed by atoms with E-state index in [0.717, 1.165) is 6.26 Å². The van der Waals surface area contributed by atoms with Crippen molar-refractivity contribution in [3.05, 3.63) is 23.9 Å². The summed E-state index contributed by atoms with van der Waals surface area (Å²) in [4.78, 5) is 17.0. The highest BCUT2D eigenvalue weighted by Crippen LogP contribution is 2.04. The minimum Gasteiger partial charge on any atom is -0.384 e. The summed E-state index contributed by atoms with van der Waals surface area (Å²) in [6.45, 7) is 0.155. The second-order valence-electron chi connectivity index (χ2n) is 3.83. The molecule has 1 aromatic rings. The first kappa shape index (κ1) is 13.4. The van der Waals surface area contributed by atoms with Gasteiger partial charge in [-0.1, -0.05) is 0 Å². The number of nitrogen functional groups attached to an aromatic ring is 1. The third-order valence-electron chi connectivity index (χ3n) is 2.18. The molecule has 0 unspecified atom stereocenters. The monoisotopic (exact) mass is 257 g/mol. The summed E-state index contributed by atoms with van der Waals surface area (Å²) in [5.74, 6) is -0.000962. The topological polar surface area (TPSA) is 93.4 Å². The van der Waals surface area contributed by atoms with Crippen LogP contribution in [0.3, 0.4) is 0 Å². The zero-order chi connectivity index (χ0) is 13.1. The number of hydrogen-bond donors (Lipinski definition) is 1. The van der Waals surface area contributed by atoms with E-state index in [-0.39, 0.29) is 18.2 Å². The molecule has 0 aliphatic carbocycles. The maximum Gasteiger partial charge on any atom is 0.255 e. The van der Waals surface area contributed by atoms with Gasteiger partial charge in [0.15, 0.2) is 0 Å². The molecule has 0 aliphatic rings. The van der Waals surface area contributed by atoms with Gasteiger partial charge in [-0.15, -0.1) is 0 Å². The van der Waals surface area contributed by atoms with Crippen molar-refractivity contribution in [2.75, 3.05) is 31.3 Å². The fourth-order valence-electron chi connectivity index (χ4n) is 1.16. The van der Waals surface area contributed by atoms with E-state index in [4.69, 9.17) is 5.73 Å². The average molecular weight is 257 g/mol. The quantitative estimate of drug-likeness (QED) is 0.805. The van der Waals surface area contributed by atoms with E-state index in [1.807, 2.05) is 0 Å². The van der Waals surface area contributed by atoms with Crippen LogP contribution in [0.2, 0.25) is 0 Å². The van der Waals surface area contributed by atoms with Gasteiger partial charge in [0.2, 0.25) is 0 Å². The summed E-state index contributed by atoms with van der Waals surface area (Å²) in [7, 11) is -1.53. The fourth-order valence-corrected chi connectivity index (χ4v) is 1.76. The Bertz CT molecular complexity index is 496. The minimum absolute atomic E-state index is 0.0579. The molecule has 2 N–H and O–H groups in total. The normalized spacial score (nSPS) is 11.2. The third-order valence-corrected chi connectivity index (χ3v) is 3.10. The van der Waals surface area contributed by atoms with E-state index in [1.165, 1.54) is 17.2 Å². The highest BCUT2D eigenvalue weighted by atomic mass is 32.2. The lowest BCUT2D eigenvalue weighted by Crippen LogP contribution is -2.31. The number of pyridine rings is 1. The van der Waals surface area contributed by atoms with Crippen molar-refractivity contribution in [2.45, 2.75) is 0 Å². The number of nitrogens with zero attached hydrogens (tertiary/aromatic N) is 2. The Hall–Kier alpha value is -1.63. The van der Waals surface area contributed by atoms with Crippen LogP contribution in [0.1, 0.15) is 10.4 Å². The highest BCUT2D eigenvalue weighted by Gasteiger charge is 2.13. The van der Waals surface area contributed by atoms with Crippen LogP contribution in [0.25, 0.3) is 0 Å². The Kier molecular flexibility index (Phi) is 4.06. The molecule has 6 nitrogen and oxygen atoms in total. The maximum atomic E-state index is 11.8. The van der Waals surface area contributed by atoms with E-state index in [1.54, 1.807) is 13.1 Å². The van der Waals surface area contributed by atoms with Gasteiger partial charge < -0.3 is 10.6 Å². The van der Waals surface area contributed by atoms with E-state index in [2.05, 4.69) is 4.98 Å². The zero-order valence-corrected chi connectivity index (χ0v) is 10.6. The number of aromatic nitrogens is 1. The van der Waals surface area contributed by atoms with Crippen LogP contribution in [0.4, 0.5) is 5.82 Å². The molecule has 0 fully saturated rings. The van der Waals surface area contributed by atoms with E-state index in [0.29, 0.717) is 11.4 Å². The van der Waals surface area contributed by atoms with Gasteiger partial charge in [-0.05, 0) is 12.1 Å². The van der Waals surface area contributed by atoms with Crippen molar-refractivity contribution in [1.82, 2.24) is 9.88 Å². The number of carbonyl (C=O) groups is 1. The molecular formula is C10H15N3O3S. The smallest absolute Gasteiger partial charge is 0.255 e. The first-order valence-electron chi connectivity index (χ1n) is 4.94. The number of rotatable bonds is 4. The van der Waals surface area contributed by atoms with E-state index >= 15 is 0 Å². The first-order valence-corrected chi connectivity index (χ1v) is 7.00. The van der Waals surface area contributed by atoms with Gasteiger partial charge in [0.05, 0.1) is 11.3 Å². The van der Waals surface area contributed by atoms with Gasteiger partial charge >= 0.3 is 0 Å². The molecule has 17 heavy (non-hydrogen) atoms. The number of anilines is 1.